The molecule has 2 N–H and O–H groups in total. The number of carboxylic acids is 1. The highest BCUT2D eigenvalue weighted by molar-refractivity contribution is 7.90. The maximum absolute atomic E-state index is 12.4. The van der Waals surface area contributed by atoms with E-state index in [-0.39, 0.29) is 4.90 Å². The highest BCUT2D eigenvalue weighted by Gasteiger charge is 2.34. The number of benzene rings is 1. The van der Waals surface area contributed by atoms with Crippen molar-refractivity contribution in [2.45, 2.75) is 24.7 Å². The molecular weight excluding hydrogens is 318 g/mol. The van der Waals surface area contributed by atoms with Gasteiger partial charge in [-0.2, -0.15) is 0 Å². The van der Waals surface area contributed by atoms with Crippen molar-refractivity contribution < 1.29 is 23.1 Å². The van der Waals surface area contributed by atoms with E-state index in [4.69, 9.17) is 0 Å². The van der Waals surface area contributed by atoms with Crippen molar-refractivity contribution >= 4 is 27.4 Å². The summed E-state index contributed by atoms with van der Waals surface area (Å²) in [5.74, 6) is -2.84. The van der Waals surface area contributed by atoms with E-state index in [1.165, 1.54) is 12.1 Å². The standard InChI is InChI=1S/C16H19NO5S/c1-10-7-8-11(23(2,21)22)9-14(10)17-15(18)12-5-3-4-6-13(12)16(19)20/h3-4,7-9,12-13H,5-6H2,1-2H3,(H,17,18)(H,19,20). The third-order valence-corrected chi connectivity index (χ3v) is 5.09. The smallest absolute Gasteiger partial charge is 0.307 e. The first-order valence-electron chi connectivity index (χ1n) is 7.19. The number of anilines is 1. The molecule has 1 aliphatic rings. The van der Waals surface area contributed by atoms with E-state index >= 15 is 0 Å². The second kappa shape index (κ2) is 6.54. The Hall–Kier alpha value is -2.15. The molecule has 124 valence electrons. The number of allylic oxidation sites excluding steroid dienone is 2. The van der Waals surface area contributed by atoms with Crippen molar-refractivity contribution in [2.75, 3.05) is 11.6 Å². The Morgan fingerprint density at radius 1 is 1.17 bits per heavy atom. The molecule has 2 rings (SSSR count). The molecule has 1 amide bonds. The summed E-state index contributed by atoms with van der Waals surface area (Å²) < 4.78 is 23.3. The van der Waals surface area contributed by atoms with Crippen molar-refractivity contribution in [2.24, 2.45) is 11.8 Å². The lowest BCUT2D eigenvalue weighted by molar-refractivity contribution is -0.146. The van der Waals surface area contributed by atoms with Crippen LogP contribution in [-0.2, 0) is 19.4 Å². The van der Waals surface area contributed by atoms with Crippen LogP contribution in [0.2, 0.25) is 0 Å². The van der Waals surface area contributed by atoms with E-state index in [1.54, 1.807) is 25.1 Å². The SMILES string of the molecule is Cc1ccc(S(C)(=O)=O)cc1NC(=O)C1CC=CCC1C(=O)O. The van der Waals surface area contributed by atoms with Crippen LogP contribution in [0.3, 0.4) is 0 Å². The Morgan fingerprint density at radius 2 is 1.78 bits per heavy atom. The fraction of sp³-hybridized carbons (Fsp3) is 0.375. The number of carbonyl (C=O) groups excluding carboxylic acids is 1. The average Bonchev–Trinajstić information content (AvgIpc) is 2.48. The van der Waals surface area contributed by atoms with Gasteiger partial charge in [0, 0.05) is 11.9 Å². The van der Waals surface area contributed by atoms with Crippen LogP contribution in [0.1, 0.15) is 18.4 Å². The summed E-state index contributed by atoms with van der Waals surface area (Å²) in [6.45, 7) is 1.75. The molecule has 1 aromatic carbocycles. The van der Waals surface area contributed by atoms with E-state index in [1.807, 2.05) is 0 Å². The van der Waals surface area contributed by atoms with Gasteiger partial charge in [-0.25, -0.2) is 8.42 Å². The van der Waals surface area contributed by atoms with Crippen molar-refractivity contribution in [3.05, 3.63) is 35.9 Å². The first kappa shape index (κ1) is 17.2. The van der Waals surface area contributed by atoms with E-state index < -0.39 is 33.5 Å². The second-order valence-electron chi connectivity index (χ2n) is 5.73. The molecule has 2 atom stereocenters. The van der Waals surface area contributed by atoms with Crippen LogP contribution in [0.5, 0.6) is 0 Å². The Balaban J connectivity index is 2.26. The molecule has 2 unspecified atom stereocenters. The number of rotatable bonds is 4. The van der Waals surface area contributed by atoms with Gasteiger partial charge in [0.1, 0.15) is 0 Å². The summed E-state index contributed by atoms with van der Waals surface area (Å²) in [7, 11) is -3.38. The van der Waals surface area contributed by atoms with E-state index in [2.05, 4.69) is 5.32 Å². The molecule has 0 aromatic heterocycles. The van der Waals surface area contributed by atoms with Crippen LogP contribution in [0.25, 0.3) is 0 Å². The number of carbonyl (C=O) groups is 2. The third kappa shape index (κ3) is 3.98. The van der Waals surface area contributed by atoms with Gasteiger partial charge < -0.3 is 10.4 Å². The van der Waals surface area contributed by atoms with Gasteiger partial charge in [-0.05, 0) is 37.5 Å². The highest BCUT2D eigenvalue weighted by atomic mass is 32.2. The van der Waals surface area contributed by atoms with Gasteiger partial charge in [0.2, 0.25) is 5.91 Å². The number of hydrogen-bond donors (Lipinski definition) is 2. The van der Waals surface area contributed by atoms with E-state index in [0.717, 1.165) is 6.26 Å². The molecule has 0 bridgehead atoms. The van der Waals surface area contributed by atoms with Crippen molar-refractivity contribution in [3.63, 3.8) is 0 Å². The predicted octanol–water partition coefficient (Wildman–Crippen LogP) is 2.00. The molecule has 0 fully saturated rings. The molecule has 0 saturated carbocycles. The average molecular weight is 337 g/mol. The monoisotopic (exact) mass is 337 g/mol. The number of aryl methyl sites for hydroxylation is 1. The topological polar surface area (TPSA) is 101 Å². The maximum Gasteiger partial charge on any atom is 0.307 e. The van der Waals surface area contributed by atoms with Gasteiger partial charge in [-0.3, -0.25) is 9.59 Å². The van der Waals surface area contributed by atoms with Crippen LogP contribution in [0.15, 0.2) is 35.2 Å². The Morgan fingerprint density at radius 3 is 2.35 bits per heavy atom. The van der Waals surface area contributed by atoms with Crippen molar-refractivity contribution in [3.8, 4) is 0 Å². The molecule has 7 heteroatoms. The van der Waals surface area contributed by atoms with Gasteiger partial charge >= 0.3 is 5.97 Å². The first-order valence-corrected chi connectivity index (χ1v) is 9.08. The van der Waals surface area contributed by atoms with E-state index in [9.17, 15) is 23.1 Å². The molecule has 1 aliphatic carbocycles. The quantitative estimate of drug-likeness (QED) is 0.819. The summed E-state index contributed by atoms with van der Waals surface area (Å²) in [5, 5.41) is 11.9. The number of amides is 1. The Kier molecular flexibility index (Phi) is 4.89. The van der Waals surface area contributed by atoms with Crippen molar-refractivity contribution in [1.29, 1.82) is 0 Å². The van der Waals surface area contributed by atoms with Gasteiger partial charge in [-0.15, -0.1) is 0 Å². The van der Waals surface area contributed by atoms with E-state index in [0.29, 0.717) is 24.1 Å². The van der Waals surface area contributed by atoms with Gasteiger partial charge in [0.15, 0.2) is 9.84 Å². The number of hydrogen-bond acceptors (Lipinski definition) is 4. The molecule has 0 spiro atoms. The minimum absolute atomic E-state index is 0.108. The zero-order chi connectivity index (χ0) is 17.2. The molecule has 0 heterocycles. The van der Waals surface area contributed by atoms with Crippen LogP contribution in [0.4, 0.5) is 5.69 Å². The van der Waals surface area contributed by atoms with Gasteiger partial charge in [0.05, 0.1) is 16.7 Å². The van der Waals surface area contributed by atoms with Crippen LogP contribution >= 0.6 is 0 Å². The molecule has 0 aliphatic heterocycles. The van der Waals surface area contributed by atoms with Crippen LogP contribution in [0, 0.1) is 18.8 Å². The minimum Gasteiger partial charge on any atom is -0.481 e. The van der Waals surface area contributed by atoms with Crippen molar-refractivity contribution in [1.82, 2.24) is 0 Å². The number of carboxylic acid groups (broad SMARTS) is 1. The van der Waals surface area contributed by atoms with Crippen LogP contribution < -0.4 is 5.32 Å². The third-order valence-electron chi connectivity index (χ3n) is 3.98. The largest absolute Gasteiger partial charge is 0.481 e. The zero-order valence-electron chi connectivity index (χ0n) is 12.9. The molecule has 23 heavy (non-hydrogen) atoms. The van der Waals surface area contributed by atoms with Gasteiger partial charge in [-0.1, -0.05) is 18.2 Å². The summed E-state index contributed by atoms with van der Waals surface area (Å²) in [6, 6.07) is 4.49. The summed E-state index contributed by atoms with van der Waals surface area (Å²) >= 11 is 0. The zero-order valence-corrected chi connectivity index (χ0v) is 13.8. The lowest BCUT2D eigenvalue weighted by Crippen LogP contribution is -2.34. The summed E-state index contributed by atoms with van der Waals surface area (Å²) in [6.07, 6.45) is 5.32. The Bertz CT molecular complexity index is 767. The first-order chi connectivity index (χ1) is 10.7. The lowest BCUT2D eigenvalue weighted by atomic mass is 9.82. The summed E-state index contributed by atoms with van der Waals surface area (Å²) in [4.78, 5) is 23.8. The van der Waals surface area contributed by atoms with Crippen LogP contribution in [-0.4, -0.2) is 31.7 Å². The molecule has 0 saturated heterocycles. The number of nitrogens with one attached hydrogen (secondary N) is 1. The Labute approximate surface area is 135 Å². The predicted molar refractivity (Wildman–Crippen MR) is 85.9 cm³/mol. The normalized spacial score (nSPS) is 21.0. The van der Waals surface area contributed by atoms with Gasteiger partial charge in [0.25, 0.3) is 0 Å². The fourth-order valence-electron chi connectivity index (χ4n) is 2.57. The lowest BCUT2D eigenvalue weighted by Gasteiger charge is -2.24. The fourth-order valence-corrected chi connectivity index (χ4v) is 3.22. The summed E-state index contributed by atoms with van der Waals surface area (Å²) in [5.41, 5.74) is 1.10. The molecule has 0 radical (unpaired) electrons. The maximum atomic E-state index is 12.4. The highest BCUT2D eigenvalue weighted by Crippen LogP contribution is 2.28. The minimum atomic E-state index is -3.38. The molecule has 6 nitrogen and oxygen atoms in total. The molecular formula is C16H19NO5S. The number of sulfone groups is 1. The number of aliphatic carboxylic acids is 1. The molecule has 1 aromatic rings. The second-order valence-corrected chi connectivity index (χ2v) is 7.75.